The molecule has 1 aromatic carbocycles. The maximum Gasteiger partial charge on any atom is 0.280 e. The number of benzene rings is 1. The number of hydrogen-bond donors (Lipinski definition) is 2. The minimum atomic E-state index is -3.69. The maximum atomic E-state index is 12.3. The summed E-state index contributed by atoms with van der Waals surface area (Å²) in [6.45, 7) is 3.92. The third-order valence-electron chi connectivity index (χ3n) is 3.40. The molecule has 0 saturated carbocycles. The number of aromatic nitrogens is 4. The van der Waals surface area contributed by atoms with Gasteiger partial charge >= 0.3 is 0 Å². The van der Waals surface area contributed by atoms with E-state index in [1.54, 1.807) is 22.9 Å². The molecule has 23 heavy (non-hydrogen) atoms. The summed E-state index contributed by atoms with van der Waals surface area (Å²) in [4.78, 5) is 3.96. The van der Waals surface area contributed by atoms with Crippen LogP contribution in [0, 0.1) is 0 Å². The highest BCUT2D eigenvalue weighted by atomic mass is 32.2. The lowest BCUT2D eigenvalue weighted by atomic mass is 10.1. The van der Waals surface area contributed by atoms with Crippen LogP contribution in [0.25, 0.3) is 11.3 Å². The Morgan fingerprint density at radius 1 is 1.17 bits per heavy atom. The predicted molar refractivity (Wildman–Crippen MR) is 87.4 cm³/mol. The zero-order valence-corrected chi connectivity index (χ0v) is 13.6. The molecule has 7 nitrogen and oxygen atoms in total. The lowest BCUT2D eigenvalue weighted by molar-refractivity contribution is 0.591. The van der Waals surface area contributed by atoms with Crippen LogP contribution in [0.3, 0.4) is 0 Å². The number of aromatic amines is 1. The third kappa shape index (κ3) is 3.26. The van der Waals surface area contributed by atoms with Crippen molar-refractivity contribution in [2.45, 2.75) is 24.9 Å². The van der Waals surface area contributed by atoms with Gasteiger partial charge in [-0.05, 0) is 37.6 Å². The first-order chi connectivity index (χ1) is 11.0. The molecule has 2 N–H and O–H groups in total. The van der Waals surface area contributed by atoms with Gasteiger partial charge in [-0.15, -0.1) is 0 Å². The van der Waals surface area contributed by atoms with Crippen molar-refractivity contribution in [3.63, 3.8) is 0 Å². The van der Waals surface area contributed by atoms with E-state index in [1.165, 1.54) is 12.5 Å². The SMILES string of the molecule is CC(C)n1cnc(S(=O)(=O)Nc2ccc(-c3ccn[nH]3)cc2)c1. The Kier molecular flexibility index (Phi) is 3.91. The van der Waals surface area contributed by atoms with E-state index in [4.69, 9.17) is 0 Å². The Hall–Kier alpha value is -2.61. The zero-order chi connectivity index (χ0) is 16.4. The van der Waals surface area contributed by atoms with E-state index in [9.17, 15) is 8.42 Å². The number of anilines is 1. The van der Waals surface area contributed by atoms with E-state index in [1.807, 2.05) is 32.0 Å². The normalized spacial score (nSPS) is 11.8. The average molecular weight is 331 g/mol. The topological polar surface area (TPSA) is 92.7 Å². The van der Waals surface area contributed by atoms with Crippen molar-refractivity contribution in [1.82, 2.24) is 19.7 Å². The molecule has 0 aliphatic carbocycles. The van der Waals surface area contributed by atoms with Gasteiger partial charge in [-0.2, -0.15) is 13.5 Å². The predicted octanol–water partition coefficient (Wildman–Crippen LogP) is 2.65. The molecule has 3 rings (SSSR count). The molecule has 0 spiro atoms. The van der Waals surface area contributed by atoms with Gasteiger partial charge in [0.15, 0.2) is 5.03 Å². The Morgan fingerprint density at radius 3 is 2.48 bits per heavy atom. The van der Waals surface area contributed by atoms with E-state index >= 15 is 0 Å². The molecule has 0 fully saturated rings. The lowest BCUT2D eigenvalue weighted by Gasteiger charge is -2.07. The monoisotopic (exact) mass is 331 g/mol. The van der Waals surface area contributed by atoms with Gasteiger partial charge in [0.2, 0.25) is 0 Å². The fraction of sp³-hybridized carbons (Fsp3) is 0.200. The standard InChI is InChI=1S/C15H17N5O2S/c1-11(2)20-9-15(16-10-20)23(21,22)19-13-5-3-12(4-6-13)14-7-8-17-18-14/h3-11,19H,1-2H3,(H,17,18). The summed E-state index contributed by atoms with van der Waals surface area (Å²) >= 11 is 0. The molecular formula is C15H17N5O2S. The van der Waals surface area contributed by atoms with Gasteiger partial charge in [-0.1, -0.05) is 12.1 Å². The van der Waals surface area contributed by atoms with E-state index in [-0.39, 0.29) is 11.1 Å². The van der Waals surface area contributed by atoms with E-state index in [0.29, 0.717) is 5.69 Å². The first kappa shape index (κ1) is 15.3. The molecule has 0 bridgehead atoms. The lowest BCUT2D eigenvalue weighted by Crippen LogP contribution is -2.13. The number of H-pyrrole nitrogens is 1. The summed E-state index contributed by atoms with van der Waals surface area (Å²) in [5.41, 5.74) is 2.27. The number of sulfonamides is 1. The summed E-state index contributed by atoms with van der Waals surface area (Å²) in [7, 11) is -3.69. The molecule has 0 radical (unpaired) electrons. The molecule has 0 saturated heterocycles. The van der Waals surface area contributed by atoms with Crippen molar-refractivity contribution in [3.05, 3.63) is 49.1 Å². The maximum absolute atomic E-state index is 12.3. The number of imidazole rings is 1. The van der Waals surface area contributed by atoms with Crippen molar-refractivity contribution in [2.75, 3.05) is 4.72 Å². The molecule has 0 amide bonds. The number of nitrogens with one attached hydrogen (secondary N) is 2. The van der Waals surface area contributed by atoms with Gasteiger partial charge in [0.1, 0.15) is 0 Å². The fourth-order valence-electron chi connectivity index (χ4n) is 2.08. The second-order valence-electron chi connectivity index (χ2n) is 5.41. The van der Waals surface area contributed by atoms with Crippen molar-refractivity contribution >= 4 is 15.7 Å². The van der Waals surface area contributed by atoms with Crippen molar-refractivity contribution < 1.29 is 8.42 Å². The quantitative estimate of drug-likeness (QED) is 0.751. The molecule has 8 heteroatoms. The molecule has 0 aliphatic heterocycles. The summed E-state index contributed by atoms with van der Waals surface area (Å²) in [6, 6.07) is 9.04. The molecule has 2 heterocycles. The largest absolute Gasteiger partial charge is 0.334 e. The van der Waals surface area contributed by atoms with Gasteiger partial charge in [0, 0.05) is 24.1 Å². The Morgan fingerprint density at radius 2 is 1.91 bits per heavy atom. The second-order valence-corrected chi connectivity index (χ2v) is 7.04. The number of nitrogens with zero attached hydrogens (tertiary/aromatic N) is 3. The zero-order valence-electron chi connectivity index (χ0n) is 12.8. The van der Waals surface area contributed by atoms with Crippen LogP contribution in [-0.2, 0) is 10.0 Å². The van der Waals surface area contributed by atoms with Gasteiger partial charge in [0.25, 0.3) is 10.0 Å². The second kappa shape index (κ2) is 5.88. The van der Waals surface area contributed by atoms with Crippen molar-refractivity contribution in [1.29, 1.82) is 0 Å². The smallest absolute Gasteiger partial charge is 0.280 e. The van der Waals surface area contributed by atoms with Crippen LogP contribution >= 0.6 is 0 Å². The van der Waals surface area contributed by atoms with Crippen molar-refractivity contribution in [3.8, 4) is 11.3 Å². The third-order valence-corrected chi connectivity index (χ3v) is 4.66. The Labute approximate surface area is 134 Å². The minimum absolute atomic E-state index is 0.00356. The minimum Gasteiger partial charge on any atom is -0.334 e. The first-order valence-electron chi connectivity index (χ1n) is 7.12. The van der Waals surface area contributed by atoms with Crippen LogP contribution < -0.4 is 4.72 Å². The van der Waals surface area contributed by atoms with E-state index in [0.717, 1.165) is 11.3 Å². The Bertz CT molecular complexity index is 880. The molecule has 0 aliphatic rings. The first-order valence-corrected chi connectivity index (χ1v) is 8.60. The van der Waals surface area contributed by atoms with E-state index in [2.05, 4.69) is 19.9 Å². The fourth-order valence-corrected chi connectivity index (χ4v) is 3.08. The number of hydrogen-bond acceptors (Lipinski definition) is 4. The molecule has 3 aromatic rings. The number of rotatable bonds is 5. The van der Waals surface area contributed by atoms with Crippen LogP contribution in [0.5, 0.6) is 0 Å². The van der Waals surface area contributed by atoms with Crippen LogP contribution in [0.15, 0.2) is 54.1 Å². The van der Waals surface area contributed by atoms with Gasteiger partial charge in [0.05, 0.1) is 12.0 Å². The Balaban J connectivity index is 1.80. The van der Waals surface area contributed by atoms with Crippen LogP contribution in [0.1, 0.15) is 19.9 Å². The average Bonchev–Trinajstić information content (AvgIpc) is 3.20. The molecule has 2 aromatic heterocycles. The molecule has 0 atom stereocenters. The van der Waals surface area contributed by atoms with Crippen molar-refractivity contribution in [2.24, 2.45) is 0 Å². The summed E-state index contributed by atoms with van der Waals surface area (Å²) < 4.78 is 29.0. The molecule has 120 valence electrons. The summed E-state index contributed by atoms with van der Waals surface area (Å²) in [5.74, 6) is 0. The summed E-state index contributed by atoms with van der Waals surface area (Å²) in [5, 5.41) is 6.75. The highest BCUT2D eigenvalue weighted by Gasteiger charge is 2.18. The van der Waals surface area contributed by atoms with Gasteiger partial charge in [-0.3, -0.25) is 9.82 Å². The van der Waals surface area contributed by atoms with Crippen LogP contribution in [-0.4, -0.2) is 28.2 Å². The van der Waals surface area contributed by atoms with Gasteiger partial charge < -0.3 is 4.57 Å². The van der Waals surface area contributed by atoms with Gasteiger partial charge in [-0.25, -0.2) is 4.98 Å². The highest BCUT2D eigenvalue weighted by molar-refractivity contribution is 7.92. The molecule has 0 unspecified atom stereocenters. The molecular weight excluding hydrogens is 314 g/mol. The summed E-state index contributed by atoms with van der Waals surface area (Å²) in [6.07, 6.45) is 4.70. The van der Waals surface area contributed by atoms with Crippen LogP contribution in [0.4, 0.5) is 5.69 Å². The van der Waals surface area contributed by atoms with Crippen LogP contribution in [0.2, 0.25) is 0 Å². The van der Waals surface area contributed by atoms with E-state index < -0.39 is 10.0 Å². The highest BCUT2D eigenvalue weighted by Crippen LogP contribution is 2.21.